The minimum absolute atomic E-state index is 0.131. The van der Waals surface area contributed by atoms with Gasteiger partial charge in [-0.2, -0.15) is 0 Å². The van der Waals surface area contributed by atoms with Gasteiger partial charge in [0.05, 0.1) is 5.92 Å². The molecular weight excluding hydrogens is 280 g/mol. The Kier molecular flexibility index (Phi) is 4.04. The second kappa shape index (κ2) is 6.13. The number of fused-ring (bicyclic) bond motifs is 1. The Labute approximate surface area is 128 Å². The summed E-state index contributed by atoms with van der Waals surface area (Å²) in [4.78, 5) is 27.7. The summed E-state index contributed by atoms with van der Waals surface area (Å²) >= 11 is 0. The Morgan fingerprint density at radius 3 is 2.64 bits per heavy atom. The number of anilines is 1. The van der Waals surface area contributed by atoms with Crippen LogP contribution in [-0.2, 0) is 9.59 Å². The van der Waals surface area contributed by atoms with E-state index in [-0.39, 0.29) is 11.8 Å². The molecule has 2 atom stereocenters. The van der Waals surface area contributed by atoms with Crippen molar-refractivity contribution < 1.29 is 14.7 Å². The second-order valence-corrected chi connectivity index (χ2v) is 5.80. The molecule has 1 fully saturated rings. The molecule has 1 amide bonds. The van der Waals surface area contributed by atoms with E-state index in [2.05, 4.69) is 10.3 Å². The summed E-state index contributed by atoms with van der Waals surface area (Å²) in [7, 11) is 0. The van der Waals surface area contributed by atoms with E-state index >= 15 is 0 Å². The first-order valence-corrected chi connectivity index (χ1v) is 7.52. The number of carboxylic acids is 1. The minimum Gasteiger partial charge on any atom is -0.481 e. The molecule has 1 saturated carbocycles. The third-order valence-corrected chi connectivity index (χ3v) is 4.28. The summed E-state index contributed by atoms with van der Waals surface area (Å²) in [5, 5.41) is 14.0. The molecule has 22 heavy (non-hydrogen) atoms. The van der Waals surface area contributed by atoms with E-state index in [4.69, 9.17) is 5.11 Å². The number of aromatic nitrogens is 1. The lowest BCUT2D eigenvalue weighted by molar-refractivity contribution is -0.143. The Hall–Kier alpha value is -2.43. The molecule has 114 valence electrons. The van der Waals surface area contributed by atoms with Gasteiger partial charge >= 0.3 is 5.97 Å². The van der Waals surface area contributed by atoms with E-state index in [0.717, 1.165) is 23.6 Å². The van der Waals surface area contributed by atoms with Gasteiger partial charge in [0.2, 0.25) is 5.91 Å². The molecular formula is C17H18N2O3. The average Bonchev–Trinajstić information content (AvgIpc) is 2.55. The molecule has 1 aromatic heterocycles. The van der Waals surface area contributed by atoms with Crippen molar-refractivity contribution in [1.29, 1.82) is 0 Å². The van der Waals surface area contributed by atoms with Crippen LogP contribution in [0, 0.1) is 11.8 Å². The smallest absolute Gasteiger partial charge is 0.306 e. The summed E-state index contributed by atoms with van der Waals surface area (Å²) in [6.07, 6.45) is 4.32. The van der Waals surface area contributed by atoms with Gasteiger partial charge < -0.3 is 10.4 Å². The number of aliphatic carboxylic acids is 1. The van der Waals surface area contributed by atoms with Gasteiger partial charge in [-0.1, -0.05) is 30.7 Å². The third-order valence-electron chi connectivity index (χ3n) is 4.28. The van der Waals surface area contributed by atoms with E-state index < -0.39 is 11.9 Å². The maximum Gasteiger partial charge on any atom is 0.306 e. The van der Waals surface area contributed by atoms with Gasteiger partial charge in [-0.25, -0.2) is 4.98 Å². The van der Waals surface area contributed by atoms with E-state index in [9.17, 15) is 9.59 Å². The van der Waals surface area contributed by atoms with E-state index in [1.807, 2.05) is 30.3 Å². The molecule has 1 aromatic carbocycles. The zero-order valence-corrected chi connectivity index (χ0v) is 12.2. The largest absolute Gasteiger partial charge is 0.481 e. The highest BCUT2D eigenvalue weighted by Gasteiger charge is 2.31. The molecule has 1 heterocycles. The van der Waals surface area contributed by atoms with Gasteiger partial charge in [-0.05, 0) is 30.7 Å². The molecule has 2 N–H and O–H groups in total. The Morgan fingerprint density at radius 2 is 1.86 bits per heavy atom. The summed E-state index contributed by atoms with van der Waals surface area (Å²) in [6, 6.07) is 9.65. The fourth-order valence-electron chi connectivity index (χ4n) is 3.03. The first kappa shape index (κ1) is 14.5. The molecule has 2 unspecified atom stereocenters. The van der Waals surface area contributed by atoms with Crippen molar-refractivity contribution in [3.05, 3.63) is 36.5 Å². The number of amides is 1. The zero-order valence-electron chi connectivity index (χ0n) is 12.2. The van der Waals surface area contributed by atoms with E-state index in [1.165, 1.54) is 0 Å². The number of nitrogens with zero attached hydrogens (tertiary/aromatic N) is 1. The van der Waals surface area contributed by atoms with Crippen LogP contribution in [0.4, 0.5) is 5.82 Å². The maximum absolute atomic E-state index is 12.3. The van der Waals surface area contributed by atoms with Crippen molar-refractivity contribution in [2.24, 2.45) is 11.8 Å². The van der Waals surface area contributed by atoms with E-state index in [0.29, 0.717) is 18.7 Å². The van der Waals surface area contributed by atoms with Crippen LogP contribution in [0.1, 0.15) is 25.7 Å². The van der Waals surface area contributed by atoms with Crippen molar-refractivity contribution in [2.75, 3.05) is 5.32 Å². The highest BCUT2D eigenvalue weighted by molar-refractivity contribution is 5.94. The number of rotatable bonds is 3. The second-order valence-electron chi connectivity index (χ2n) is 5.80. The number of nitrogens with one attached hydrogen (secondary N) is 1. The van der Waals surface area contributed by atoms with Crippen LogP contribution in [-0.4, -0.2) is 22.0 Å². The molecule has 5 nitrogen and oxygen atoms in total. The molecule has 1 aliphatic carbocycles. The molecule has 2 aromatic rings. The number of carbonyl (C=O) groups excluding carboxylic acids is 1. The molecule has 5 heteroatoms. The fraction of sp³-hybridized carbons (Fsp3) is 0.353. The molecule has 0 radical (unpaired) electrons. The predicted octanol–water partition coefficient (Wildman–Crippen LogP) is 3.06. The number of hydrogen-bond acceptors (Lipinski definition) is 3. The van der Waals surface area contributed by atoms with Crippen molar-refractivity contribution in [1.82, 2.24) is 4.98 Å². The molecule has 0 bridgehead atoms. The monoisotopic (exact) mass is 298 g/mol. The van der Waals surface area contributed by atoms with Gasteiger partial charge in [0, 0.05) is 17.5 Å². The standard InChI is InChI=1S/C17H18N2O3/c20-16(12-6-3-7-13(8-12)17(21)22)19-15-9-11-4-1-2-5-14(11)10-18-15/h1-2,4-5,9-10,12-13H,3,6-8H2,(H,21,22)(H,18,19,20). The van der Waals surface area contributed by atoms with Crippen LogP contribution in [0.2, 0.25) is 0 Å². The van der Waals surface area contributed by atoms with Crippen LogP contribution in [0.3, 0.4) is 0 Å². The quantitative estimate of drug-likeness (QED) is 0.912. The topological polar surface area (TPSA) is 79.3 Å². The number of carbonyl (C=O) groups is 2. The summed E-state index contributed by atoms with van der Waals surface area (Å²) in [5.41, 5.74) is 0. The molecule has 3 rings (SSSR count). The number of benzene rings is 1. The molecule has 0 spiro atoms. The van der Waals surface area contributed by atoms with Crippen molar-refractivity contribution in [3.8, 4) is 0 Å². The first-order chi connectivity index (χ1) is 10.6. The van der Waals surface area contributed by atoms with Crippen LogP contribution < -0.4 is 5.32 Å². The summed E-state index contributed by atoms with van der Waals surface area (Å²) < 4.78 is 0. The van der Waals surface area contributed by atoms with Gasteiger partial charge in [-0.15, -0.1) is 0 Å². The lowest BCUT2D eigenvalue weighted by Gasteiger charge is -2.25. The summed E-state index contributed by atoms with van der Waals surface area (Å²) in [5.74, 6) is -1.08. The maximum atomic E-state index is 12.3. The Bertz CT molecular complexity index is 714. The minimum atomic E-state index is -0.804. The third kappa shape index (κ3) is 3.08. The first-order valence-electron chi connectivity index (χ1n) is 7.52. The van der Waals surface area contributed by atoms with Crippen molar-refractivity contribution >= 4 is 28.5 Å². The van der Waals surface area contributed by atoms with Gasteiger partial charge in [-0.3, -0.25) is 9.59 Å². The zero-order chi connectivity index (χ0) is 15.5. The van der Waals surface area contributed by atoms with Gasteiger partial charge in [0.15, 0.2) is 0 Å². The predicted molar refractivity (Wildman–Crippen MR) is 83.5 cm³/mol. The number of carboxylic acid groups (broad SMARTS) is 1. The molecule has 0 aliphatic heterocycles. The Balaban J connectivity index is 1.71. The fourth-order valence-corrected chi connectivity index (χ4v) is 3.03. The lowest BCUT2D eigenvalue weighted by Crippen LogP contribution is -2.31. The lowest BCUT2D eigenvalue weighted by atomic mass is 9.81. The van der Waals surface area contributed by atoms with Crippen molar-refractivity contribution in [2.45, 2.75) is 25.7 Å². The van der Waals surface area contributed by atoms with Crippen molar-refractivity contribution in [3.63, 3.8) is 0 Å². The molecule has 1 aliphatic rings. The SMILES string of the molecule is O=C(O)C1CCCC(C(=O)Nc2cc3ccccc3cn2)C1. The highest BCUT2D eigenvalue weighted by atomic mass is 16.4. The van der Waals surface area contributed by atoms with Crippen LogP contribution in [0.25, 0.3) is 10.8 Å². The van der Waals surface area contributed by atoms with Gasteiger partial charge in [0.1, 0.15) is 5.82 Å². The average molecular weight is 298 g/mol. The Morgan fingerprint density at radius 1 is 1.14 bits per heavy atom. The molecule has 0 saturated heterocycles. The normalized spacial score (nSPS) is 21.5. The van der Waals surface area contributed by atoms with Gasteiger partial charge in [0.25, 0.3) is 0 Å². The number of pyridine rings is 1. The van der Waals surface area contributed by atoms with Crippen LogP contribution in [0.15, 0.2) is 36.5 Å². The van der Waals surface area contributed by atoms with Crippen LogP contribution >= 0.6 is 0 Å². The van der Waals surface area contributed by atoms with Crippen LogP contribution in [0.5, 0.6) is 0 Å². The number of hydrogen-bond donors (Lipinski definition) is 2. The highest BCUT2D eigenvalue weighted by Crippen LogP contribution is 2.30. The van der Waals surface area contributed by atoms with E-state index in [1.54, 1.807) is 6.20 Å². The summed E-state index contributed by atoms with van der Waals surface area (Å²) in [6.45, 7) is 0.